The summed E-state index contributed by atoms with van der Waals surface area (Å²) in [5, 5.41) is 0. The molecule has 0 aliphatic rings. The van der Waals surface area contributed by atoms with Crippen molar-refractivity contribution in [3.05, 3.63) is 13.1 Å². The minimum atomic E-state index is -4.02. The highest BCUT2D eigenvalue weighted by atomic mass is 19.3. The molecule has 0 aromatic carbocycles. The summed E-state index contributed by atoms with van der Waals surface area (Å²) in [7, 11) is 0. The average Bonchev–Trinajstić information content (AvgIpc) is 1.63. The Bertz CT molecular complexity index is 79.0. The lowest BCUT2D eigenvalue weighted by Crippen LogP contribution is -2.15. The van der Waals surface area contributed by atoms with Gasteiger partial charge in [-0.2, -0.15) is 8.78 Å². The van der Waals surface area contributed by atoms with Crippen LogP contribution in [0, 0.1) is 13.1 Å². The molecule has 0 aliphatic heterocycles. The van der Waals surface area contributed by atoms with Crippen LogP contribution in [0.2, 0.25) is 0 Å². The molecule has 0 nitrogen and oxygen atoms in total. The summed E-state index contributed by atoms with van der Waals surface area (Å²) >= 11 is 0. The van der Waals surface area contributed by atoms with Crippen LogP contribution < -0.4 is 0 Å². The Hall–Kier alpha value is -0.350. The standard InChI is InChI=1S/C4H3F5/c5-2-4(8,9)1-3(6)7/h2H,1H2. The first-order valence-corrected chi connectivity index (χ1v) is 1.97. The van der Waals surface area contributed by atoms with Gasteiger partial charge in [0, 0.05) is 0 Å². The molecule has 9 heavy (non-hydrogen) atoms. The molecule has 0 atom stereocenters. The van der Waals surface area contributed by atoms with Gasteiger partial charge in [0.25, 0.3) is 5.92 Å². The Morgan fingerprint density at radius 1 is 1.33 bits per heavy atom. The maximum Gasteiger partial charge on any atom is 0.316 e. The molecule has 0 heterocycles. The van der Waals surface area contributed by atoms with Crippen molar-refractivity contribution in [2.75, 3.05) is 0 Å². The van der Waals surface area contributed by atoms with Crippen molar-refractivity contribution in [3.8, 4) is 0 Å². The van der Waals surface area contributed by atoms with Crippen molar-refractivity contribution in [2.24, 2.45) is 0 Å². The second kappa shape index (κ2) is 2.98. The van der Waals surface area contributed by atoms with Gasteiger partial charge in [-0.1, -0.05) is 0 Å². The van der Waals surface area contributed by atoms with E-state index in [9.17, 15) is 22.0 Å². The third-order valence-electron chi connectivity index (χ3n) is 0.529. The smallest absolute Gasteiger partial charge is 0.237 e. The zero-order valence-electron chi connectivity index (χ0n) is 4.17. The van der Waals surface area contributed by atoms with Gasteiger partial charge < -0.3 is 0 Å². The SMILES string of the molecule is F[CH]C(F)(F)C[C](F)F. The van der Waals surface area contributed by atoms with E-state index < -0.39 is 25.4 Å². The summed E-state index contributed by atoms with van der Waals surface area (Å²) < 4.78 is 55.8. The van der Waals surface area contributed by atoms with Crippen LogP contribution in [0.3, 0.4) is 0 Å². The third-order valence-corrected chi connectivity index (χ3v) is 0.529. The van der Waals surface area contributed by atoms with E-state index in [1.165, 1.54) is 0 Å². The van der Waals surface area contributed by atoms with Crippen LogP contribution in [0.5, 0.6) is 0 Å². The number of halogens is 5. The highest BCUT2D eigenvalue weighted by molar-refractivity contribution is 4.81. The number of alkyl halides is 2. The van der Waals surface area contributed by atoms with Gasteiger partial charge in [0.05, 0.1) is 6.42 Å². The molecule has 0 aliphatic carbocycles. The molecular formula is C4H3F5. The van der Waals surface area contributed by atoms with Gasteiger partial charge in [0.2, 0.25) is 6.67 Å². The van der Waals surface area contributed by atoms with Crippen molar-refractivity contribution in [2.45, 2.75) is 12.3 Å². The summed E-state index contributed by atoms with van der Waals surface area (Å²) in [5.41, 5.74) is 0. The second-order valence-electron chi connectivity index (χ2n) is 1.39. The highest BCUT2D eigenvalue weighted by Crippen LogP contribution is 2.28. The lowest BCUT2D eigenvalue weighted by molar-refractivity contribution is -0.0135. The van der Waals surface area contributed by atoms with Gasteiger partial charge in [-0.3, -0.25) is 0 Å². The van der Waals surface area contributed by atoms with Crippen molar-refractivity contribution in [1.29, 1.82) is 0 Å². The van der Waals surface area contributed by atoms with Crippen LogP contribution in [0.25, 0.3) is 0 Å². The minimum absolute atomic E-state index is 1.05. The van der Waals surface area contributed by atoms with Gasteiger partial charge in [0.15, 0.2) is 0 Å². The minimum Gasteiger partial charge on any atom is -0.237 e. The molecule has 0 bridgehead atoms. The Balaban J connectivity index is 3.58. The Morgan fingerprint density at radius 2 is 1.78 bits per heavy atom. The quantitative estimate of drug-likeness (QED) is 0.536. The van der Waals surface area contributed by atoms with Crippen LogP contribution in [0.15, 0.2) is 0 Å². The van der Waals surface area contributed by atoms with E-state index in [1.807, 2.05) is 0 Å². The molecule has 0 fully saturated rings. The summed E-state index contributed by atoms with van der Waals surface area (Å²) in [6.45, 7) is -1.05. The van der Waals surface area contributed by atoms with Crippen LogP contribution >= 0.6 is 0 Å². The lowest BCUT2D eigenvalue weighted by atomic mass is 10.3. The molecule has 0 saturated heterocycles. The van der Waals surface area contributed by atoms with Crippen molar-refractivity contribution in [1.82, 2.24) is 0 Å². The molecule has 0 amide bonds. The van der Waals surface area contributed by atoms with Crippen LogP contribution in [0.4, 0.5) is 22.0 Å². The monoisotopic (exact) mass is 146 g/mol. The zero-order chi connectivity index (χ0) is 7.49. The summed E-state index contributed by atoms with van der Waals surface area (Å²) in [5.74, 6) is -4.02. The Morgan fingerprint density at radius 3 is 1.89 bits per heavy atom. The average molecular weight is 146 g/mol. The fourth-order valence-corrected chi connectivity index (χ4v) is 0.217. The van der Waals surface area contributed by atoms with E-state index in [4.69, 9.17) is 0 Å². The maximum atomic E-state index is 11.5. The molecule has 0 N–H and O–H groups in total. The molecule has 54 valence electrons. The fourth-order valence-electron chi connectivity index (χ4n) is 0.217. The Labute approximate surface area is 48.7 Å². The van der Waals surface area contributed by atoms with Crippen molar-refractivity contribution in [3.63, 3.8) is 0 Å². The molecule has 0 rings (SSSR count). The van der Waals surface area contributed by atoms with E-state index in [2.05, 4.69) is 0 Å². The summed E-state index contributed by atoms with van der Waals surface area (Å²) in [4.78, 5) is 0. The van der Waals surface area contributed by atoms with Gasteiger partial charge in [0.1, 0.15) is 0 Å². The molecule has 0 saturated carbocycles. The first-order chi connectivity index (χ1) is 3.98. The van der Waals surface area contributed by atoms with E-state index in [-0.39, 0.29) is 0 Å². The van der Waals surface area contributed by atoms with Crippen LogP contribution in [-0.4, -0.2) is 5.92 Å². The van der Waals surface area contributed by atoms with Gasteiger partial charge >= 0.3 is 6.43 Å². The molecule has 0 spiro atoms. The van der Waals surface area contributed by atoms with E-state index >= 15 is 0 Å². The zero-order valence-corrected chi connectivity index (χ0v) is 4.17. The van der Waals surface area contributed by atoms with Gasteiger partial charge in [-0.05, 0) is 0 Å². The van der Waals surface area contributed by atoms with Crippen molar-refractivity contribution >= 4 is 0 Å². The largest absolute Gasteiger partial charge is 0.316 e. The molecular weight excluding hydrogens is 143 g/mol. The molecule has 5 heteroatoms. The number of rotatable bonds is 3. The summed E-state index contributed by atoms with van der Waals surface area (Å²) in [6.07, 6.45) is -4.31. The lowest BCUT2D eigenvalue weighted by Gasteiger charge is -2.07. The predicted molar refractivity (Wildman–Crippen MR) is 20.4 cm³/mol. The normalized spacial score (nSPS) is 12.7. The number of hydrogen-bond acceptors (Lipinski definition) is 0. The molecule has 0 aromatic rings. The van der Waals surface area contributed by atoms with Gasteiger partial charge in [-0.25, -0.2) is 13.2 Å². The molecule has 0 unspecified atom stereocenters. The topological polar surface area (TPSA) is 0 Å². The molecule has 2 radical (unpaired) electrons. The highest BCUT2D eigenvalue weighted by Gasteiger charge is 2.34. The van der Waals surface area contributed by atoms with Crippen LogP contribution in [-0.2, 0) is 0 Å². The van der Waals surface area contributed by atoms with E-state index in [0.717, 1.165) is 0 Å². The second-order valence-corrected chi connectivity index (χ2v) is 1.39. The maximum absolute atomic E-state index is 11.5. The van der Waals surface area contributed by atoms with E-state index in [0.29, 0.717) is 0 Å². The third kappa shape index (κ3) is 4.17. The summed E-state index contributed by atoms with van der Waals surface area (Å²) in [6, 6.07) is 0. The van der Waals surface area contributed by atoms with Crippen molar-refractivity contribution < 1.29 is 22.0 Å². The number of hydrogen-bond donors (Lipinski definition) is 0. The first-order valence-electron chi connectivity index (χ1n) is 1.97. The fraction of sp³-hybridized carbons (Fsp3) is 0.500. The molecule has 0 aromatic heterocycles. The first kappa shape index (κ1) is 8.65. The van der Waals surface area contributed by atoms with E-state index in [1.54, 1.807) is 0 Å². The predicted octanol–water partition coefficient (Wildman–Crippen LogP) is 2.57. The van der Waals surface area contributed by atoms with Crippen LogP contribution in [0.1, 0.15) is 6.42 Å². The van der Waals surface area contributed by atoms with Gasteiger partial charge in [-0.15, -0.1) is 0 Å². The Kier molecular flexibility index (Phi) is 2.87.